The van der Waals surface area contributed by atoms with Crippen LogP contribution in [-0.4, -0.2) is 24.7 Å². The van der Waals surface area contributed by atoms with Gasteiger partial charge in [0.05, 0.1) is 16.9 Å². The maximum Gasteiger partial charge on any atom is 0.433 e. The molecule has 0 aliphatic rings. The van der Waals surface area contributed by atoms with Crippen molar-refractivity contribution < 1.29 is 13.2 Å². The molecule has 3 aromatic heterocycles. The van der Waals surface area contributed by atoms with E-state index in [0.717, 1.165) is 22.1 Å². The second-order valence-electron chi connectivity index (χ2n) is 5.04. The number of aryl methyl sites for hydroxylation is 3. The zero-order valence-electron chi connectivity index (χ0n) is 12.6. The number of nitrogens with zero attached hydrogens (tertiary/aromatic N) is 5. The highest BCUT2D eigenvalue weighted by molar-refractivity contribution is 7.22. The molecule has 23 heavy (non-hydrogen) atoms. The van der Waals surface area contributed by atoms with E-state index in [4.69, 9.17) is 0 Å². The van der Waals surface area contributed by atoms with Crippen molar-refractivity contribution in [2.45, 2.75) is 26.6 Å². The van der Waals surface area contributed by atoms with E-state index in [1.807, 2.05) is 6.92 Å². The SMILES string of the molecule is Cc1cc(C(F)(F)F)nc(CNc2nc3c(s2)c(C)nn3C)n1. The summed E-state index contributed by atoms with van der Waals surface area (Å²) in [6.45, 7) is 3.45. The van der Waals surface area contributed by atoms with E-state index in [-0.39, 0.29) is 18.1 Å². The molecule has 0 atom stereocenters. The van der Waals surface area contributed by atoms with E-state index in [0.29, 0.717) is 5.13 Å². The van der Waals surface area contributed by atoms with Crippen LogP contribution in [0.15, 0.2) is 6.07 Å². The highest BCUT2D eigenvalue weighted by atomic mass is 32.1. The predicted octanol–water partition coefficient (Wildman–Crippen LogP) is 3.07. The third kappa shape index (κ3) is 3.11. The van der Waals surface area contributed by atoms with Crippen LogP contribution in [0.25, 0.3) is 10.3 Å². The smallest absolute Gasteiger partial charge is 0.354 e. The molecule has 3 rings (SSSR count). The van der Waals surface area contributed by atoms with Crippen molar-refractivity contribution in [3.63, 3.8) is 0 Å². The minimum Gasteiger partial charge on any atom is -0.354 e. The lowest BCUT2D eigenvalue weighted by molar-refractivity contribution is -0.141. The number of anilines is 1. The number of thiazole rings is 1. The molecule has 0 radical (unpaired) electrons. The largest absolute Gasteiger partial charge is 0.433 e. The molecule has 0 amide bonds. The topological polar surface area (TPSA) is 68.5 Å². The monoisotopic (exact) mass is 342 g/mol. The minimum absolute atomic E-state index is 0.0665. The number of rotatable bonds is 3. The van der Waals surface area contributed by atoms with Gasteiger partial charge >= 0.3 is 6.18 Å². The fraction of sp³-hybridized carbons (Fsp3) is 0.385. The van der Waals surface area contributed by atoms with E-state index in [1.165, 1.54) is 18.3 Å². The highest BCUT2D eigenvalue weighted by Gasteiger charge is 2.33. The summed E-state index contributed by atoms with van der Waals surface area (Å²) in [5.74, 6) is 0.0754. The third-order valence-electron chi connectivity index (χ3n) is 3.13. The molecule has 3 aromatic rings. The van der Waals surface area contributed by atoms with Gasteiger partial charge in [0.1, 0.15) is 11.5 Å². The van der Waals surface area contributed by atoms with Crippen molar-refractivity contribution in [1.82, 2.24) is 24.7 Å². The Balaban J connectivity index is 1.82. The van der Waals surface area contributed by atoms with Gasteiger partial charge in [-0.25, -0.2) is 19.6 Å². The minimum atomic E-state index is -4.49. The van der Waals surface area contributed by atoms with Gasteiger partial charge in [-0.1, -0.05) is 11.3 Å². The zero-order chi connectivity index (χ0) is 16.8. The Hall–Kier alpha value is -2.23. The molecule has 0 aliphatic carbocycles. The third-order valence-corrected chi connectivity index (χ3v) is 4.24. The van der Waals surface area contributed by atoms with Crippen LogP contribution in [0.4, 0.5) is 18.3 Å². The Bertz CT molecular complexity index is 832. The summed E-state index contributed by atoms with van der Waals surface area (Å²) in [6, 6.07) is 0.927. The lowest BCUT2D eigenvalue weighted by atomic mass is 10.3. The maximum atomic E-state index is 12.8. The molecular formula is C13H13F3N6S. The summed E-state index contributed by atoms with van der Waals surface area (Å²) < 4.78 is 40.9. The lowest BCUT2D eigenvalue weighted by Crippen LogP contribution is -2.13. The first-order valence-electron chi connectivity index (χ1n) is 6.70. The summed E-state index contributed by atoms with van der Waals surface area (Å²) >= 11 is 1.39. The quantitative estimate of drug-likeness (QED) is 0.792. The second-order valence-corrected chi connectivity index (χ2v) is 6.04. The summed E-state index contributed by atoms with van der Waals surface area (Å²) in [5.41, 5.74) is 0.926. The van der Waals surface area contributed by atoms with E-state index in [2.05, 4.69) is 25.4 Å². The van der Waals surface area contributed by atoms with E-state index in [1.54, 1.807) is 11.7 Å². The number of hydrogen-bond donors (Lipinski definition) is 1. The molecular weight excluding hydrogens is 329 g/mol. The van der Waals surface area contributed by atoms with Crippen LogP contribution in [0.1, 0.15) is 22.9 Å². The van der Waals surface area contributed by atoms with Gasteiger partial charge in [0.2, 0.25) is 0 Å². The van der Waals surface area contributed by atoms with Crippen LogP contribution in [0.3, 0.4) is 0 Å². The van der Waals surface area contributed by atoms with E-state index < -0.39 is 11.9 Å². The number of fused-ring (bicyclic) bond motifs is 1. The standard InChI is InChI=1S/C13H13F3N6S/c1-6-4-8(13(14,15)16)19-9(18-6)5-17-12-20-11-10(23-12)7(2)21-22(11)3/h4H,5H2,1-3H3,(H,17,20). The highest BCUT2D eigenvalue weighted by Crippen LogP contribution is 2.29. The lowest BCUT2D eigenvalue weighted by Gasteiger charge is -2.09. The van der Waals surface area contributed by atoms with Gasteiger partial charge in [-0.15, -0.1) is 0 Å². The maximum absolute atomic E-state index is 12.8. The van der Waals surface area contributed by atoms with Gasteiger partial charge < -0.3 is 5.32 Å². The second kappa shape index (κ2) is 5.44. The molecule has 0 fully saturated rings. The average molecular weight is 342 g/mol. The number of nitrogens with one attached hydrogen (secondary N) is 1. The Morgan fingerprint density at radius 3 is 2.61 bits per heavy atom. The van der Waals surface area contributed by atoms with Gasteiger partial charge in [0.25, 0.3) is 0 Å². The molecule has 0 aromatic carbocycles. The summed E-state index contributed by atoms with van der Waals surface area (Å²) in [4.78, 5) is 12.0. The fourth-order valence-corrected chi connectivity index (χ4v) is 3.10. The Morgan fingerprint density at radius 2 is 1.96 bits per heavy atom. The Morgan fingerprint density at radius 1 is 1.22 bits per heavy atom. The average Bonchev–Trinajstić information content (AvgIpc) is 2.97. The van der Waals surface area contributed by atoms with Crippen LogP contribution in [0.5, 0.6) is 0 Å². The van der Waals surface area contributed by atoms with Crippen molar-refractivity contribution in [2.24, 2.45) is 7.05 Å². The van der Waals surface area contributed by atoms with E-state index >= 15 is 0 Å². The number of halogens is 3. The van der Waals surface area contributed by atoms with Gasteiger partial charge in [-0.3, -0.25) is 0 Å². The normalized spacial score (nSPS) is 12.1. The van der Waals surface area contributed by atoms with Crippen LogP contribution >= 0.6 is 11.3 Å². The van der Waals surface area contributed by atoms with Crippen LogP contribution in [0, 0.1) is 13.8 Å². The van der Waals surface area contributed by atoms with Crippen molar-refractivity contribution >= 4 is 26.8 Å². The first kappa shape index (κ1) is 15.7. The number of alkyl halides is 3. The van der Waals surface area contributed by atoms with Gasteiger partial charge in [0.15, 0.2) is 10.8 Å². The molecule has 0 saturated heterocycles. The van der Waals surface area contributed by atoms with Crippen LogP contribution < -0.4 is 5.32 Å². The molecule has 0 saturated carbocycles. The van der Waals surface area contributed by atoms with E-state index in [9.17, 15) is 13.2 Å². The molecule has 1 N–H and O–H groups in total. The number of hydrogen-bond acceptors (Lipinski definition) is 6. The van der Waals surface area contributed by atoms with Crippen molar-refractivity contribution in [2.75, 3.05) is 5.32 Å². The van der Waals surface area contributed by atoms with Crippen LogP contribution in [-0.2, 0) is 19.8 Å². The summed E-state index contributed by atoms with van der Waals surface area (Å²) in [6.07, 6.45) is -4.49. The first-order valence-corrected chi connectivity index (χ1v) is 7.51. The molecule has 0 aliphatic heterocycles. The Kier molecular flexibility index (Phi) is 3.71. The van der Waals surface area contributed by atoms with Gasteiger partial charge in [0, 0.05) is 12.7 Å². The molecule has 0 spiro atoms. The molecule has 0 bridgehead atoms. The van der Waals surface area contributed by atoms with Crippen molar-refractivity contribution in [1.29, 1.82) is 0 Å². The van der Waals surface area contributed by atoms with Gasteiger partial charge in [-0.2, -0.15) is 18.3 Å². The Labute approximate surface area is 133 Å². The molecule has 0 unspecified atom stereocenters. The molecule has 122 valence electrons. The molecule has 3 heterocycles. The zero-order valence-corrected chi connectivity index (χ0v) is 13.4. The molecule has 10 heteroatoms. The van der Waals surface area contributed by atoms with Gasteiger partial charge in [-0.05, 0) is 19.9 Å². The van der Waals surface area contributed by atoms with Crippen molar-refractivity contribution in [3.05, 3.63) is 29.0 Å². The number of aromatic nitrogens is 5. The van der Waals surface area contributed by atoms with Crippen LogP contribution in [0.2, 0.25) is 0 Å². The predicted molar refractivity (Wildman–Crippen MR) is 80.2 cm³/mol. The first-order chi connectivity index (χ1) is 10.7. The molecule has 6 nitrogen and oxygen atoms in total. The fourth-order valence-electron chi connectivity index (χ4n) is 2.17. The summed E-state index contributed by atoms with van der Waals surface area (Å²) in [7, 11) is 1.79. The summed E-state index contributed by atoms with van der Waals surface area (Å²) in [5, 5.41) is 7.81. The van der Waals surface area contributed by atoms with Crippen molar-refractivity contribution in [3.8, 4) is 0 Å².